The third-order valence-corrected chi connectivity index (χ3v) is 5.06. The van der Waals surface area contributed by atoms with E-state index in [9.17, 15) is 0 Å². The van der Waals surface area contributed by atoms with Crippen molar-refractivity contribution < 1.29 is 4.74 Å². The van der Waals surface area contributed by atoms with Gasteiger partial charge in [-0.2, -0.15) is 0 Å². The maximum absolute atomic E-state index is 6.18. The summed E-state index contributed by atoms with van der Waals surface area (Å²) in [6.45, 7) is 7.22. The molecule has 2 atom stereocenters. The summed E-state index contributed by atoms with van der Waals surface area (Å²) in [6.07, 6.45) is 12.7. The van der Waals surface area contributed by atoms with Crippen LogP contribution in [0.2, 0.25) is 0 Å². The first-order valence-electron chi connectivity index (χ1n) is 10.4. The summed E-state index contributed by atoms with van der Waals surface area (Å²) in [5.74, 6) is 0.723. The number of aromatic nitrogens is 1. The van der Waals surface area contributed by atoms with E-state index in [0.717, 1.165) is 37.3 Å². The van der Waals surface area contributed by atoms with Crippen molar-refractivity contribution in [3.05, 3.63) is 42.1 Å². The lowest BCUT2D eigenvalue weighted by molar-refractivity contribution is 0.207. The molecule has 2 aromatic rings. The molecule has 2 heterocycles. The molecular formula is C23H33N3O. The van der Waals surface area contributed by atoms with E-state index in [1.54, 1.807) is 0 Å². The number of benzene rings is 1. The van der Waals surface area contributed by atoms with Crippen molar-refractivity contribution in [3.63, 3.8) is 0 Å². The molecule has 146 valence electrons. The smallest absolute Gasteiger partial charge is 0.221 e. The number of hydrogen-bond donors (Lipinski definition) is 2. The minimum atomic E-state index is 0.0619. The molecule has 0 radical (unpaired) electrons. The van der Waals surface area contributed by atoms with Crippen LogP contribution in [-0.4, -0.2) is 36.8 Å². The first kappa shape index (κ1) is 19.8. The van der Waals surface area contributed by atoms with E-state index in [0.29, 0.717) is 6.04 Å². The highest BCUT2D eigenvalue weighted by Crippen LogP contribution is 2.25. The van der Waals surface area contributed by atoms with Gasteiger partial charge in [-0.25, -0.2) is 4.98 Å². The average molecular weight is 368 g/mol. The fraction of sp³-hybridized carbons (Fsp3) is 0.522. The Kier molecular flexibility index (Phi) is 7.66. The molecule has 1 aliphatic heterocycles. The molecule has 1 unspecified atom stereocenters. The van der Waals surface area contributed by atoms with E-state index < -0.39 is 0 Å². The lowest BCUT2D eigenvalue weighted by Crippen LogP contribution is -2.41. The van der Waals surface area contributed by atoms with Gasteiger partial charge in [-0.1, -0.05) is 37.1 Å². The standard InChI is InChI=1S/C23H33N3O/c1-18-16-24-13-8-6-4-3-5-7-9-20-10-11-21-12-14-25-23(22(21)15-20)27-19(2)17-26-18/h7,9-12,14-15,18-19,24,26H,3-6,8,13,16-17H2,1-2H3/b9-7-/t18?,19-/m1/s1. The van der Waals surface area contributed by atoms with E-state index in [-0.39, 0.29) is 6.10 Å². The molecule has 0 amide bonds. The number of fused-ring (bicyclic) bond motifs is 1. The van der Waals surface area contributed by atoms with Crippen molar-refractivity contribution in [2.24, 2.45) is 0 Å². The molecule has 0 saturated carbocycles. The van der Waals surface area contributed by atoms with Crippen LogP contribution in [0.15, 0.2) is 36.5 Å². The van der Waals surface area contributed by atoms with Crippen molar-refractivity contribution in [1.29, 1.82) is 0 Å². The highest BCUT2D eigenvalue weighted by atomic mass is 16.5. The molecule has 0 fully saturated rings. The number of pyridine rings is 1. The highest BCUT2D eigenvalue weighted by Gasteiger charge is 2.11. The van der Waals surface area contributed by atoms with Gasteiger partial charge in [0.1, 0.15) is 6.10 Å². The van der Waals surface area contributed by atoms with Gasteiger partial charge in [0.15, 0.2) is 0 Å². The Morgan fingerprint density at radius 3 is 2.85 bits per heavy atom. The van der Waals surface area contributed by atoms with Crippen LogP contribution in [0.3, 0.4) is 0 Å². The fourth-order valence-corrected chi connectivity index (χ4v) is 3.43. The lowest BCUT2D eigenvalue weighted by Gasteiger charge is -2.20. The number of hydrogen-bond acceptors (Lipinski definition) is 4. The van der Waals surface area contributed by atoms with Crippen LogP contribution >= 0.6 is 0 Å². The first-order valence-corrected chi connectivity index (χ1v) is 10.4. The molecule has 1 aromatic carbocycles. The highest BCUT2D eigenvalue weighted by molar-refractivity contribution is 5.88. The number of nitrogens with one attached hydrogen (secondary N) is 2. The van der Waals surface area contributed by atoms with Gasteiger partial charge in [0.2, 0.25) is 5.88 Å². The topological polar surface area (TPSA) is 46.2 Å². The third kappa shape index (κ3) is 6.33. The van der Waals surface area contributed by atoms with Crippen LogP contribution in [0.1, 0.15) is 51.5 Å². The molecule has 0 saturated heterocycles. The first-order chi connectivity index (χ1) is 13.2. The molecule has 0 aliphatic carbocycles. The van der Waals surface area contributed by atoms with Crippen LogP contribution < -0.4 is 15.4 Å². The van der Waals surface area contributed by atoms with Gasteiger partial charge in [-0.3, -0.25) is 0 Å². The van der Waals surface area contributed by atoms with Crippen LogP contribution in [-0.2, 0) is 0 Å². The van der Waals surface area contributed by atoms with Gasteiger partial charge in [0.25, 0.3) is 0 Å². The summed E-state index contributed by atoms with van der Waals surface area (Å²) >= 11 is 0. The Balaban J connectivity index is 1.77. The summed E-state index contributed by atoms with van der Waals surface area (Å²) in [5, 5.41) is 9.36. The number of allylic oxidation sites excluding steroid dienone is 1. The Labute approximate surface area is 163 Å². The molecule has 4 nitrogen and oxygen atoms in total. The van der Waals surface area contributed by atoms with Gasteiger partial charge in [-0.15, -0.1) is 0 Å². The quantitative estimate of drug-likeness (QED) is 0.717. The molecule has 2 bridgehead atoms. The largest absolute Gasteiger partial charge is 0.473 e. The van der Waals surface area contributed by atoms with Crippen molar-refractivity contribution in [1.82, 2.24) is 15.6 Å². The average Bonchev–Trinajstić information content (AvgIpc) is 2.67. The predicted octanol–water partition coefficient (Wildman–Crippen LogP) is 4.55. The van der Waals surface area contributed by atoms with Crippen LogP contribution in [0.4, 0.5) is 0 Å². The maximum Gasteiger partial charge on any atom is 0.221 e. The minimum absolute atomic E-state index is 0.0619. The molecule has 1 aromatic heterocycles. The van der Waals surface area contributed by atoms with Gasteiger partial charge >= 0.3 is 0 Å². The van der Waals surface area contributed by atoms with Crippen molar-refractivity contribution in [2.45, 2.75) is 58.1 Å². The zero-order chi connectivity index (χ0) is 18.9. The predicted molar refractivity (Wildman–Crippen MR) is 114 cm³/mol. The zero-order valence-electron chi connectivity index (χ0n) is 16.7. The van der Waals surface area contributed by atoms with E-state index in [2.05, 4.69) is 59.8 Å². The van der Waals surface area contributed by atoms with E-state index in [1.165, 1.54) is 36.6 Å². The molecular weight excluding hydrogens is 334 g/mol. The summed E-state index contributed by atoms with van der Waals surface area (Å²) in [4.78, 5) is 4.50. The van der Waals surface area contributed by atoms with Crippen molar-refractivity contribution in [3.8, 4) is 5.88 Å². The van der Waals surface area contributed by atoms with Crippen LogP contribution in [0.5, 0.6) is 5.88 Å². The maximum atomic E-state index is 6.18. The summed E-state index contributed by atoms with van der Waals surface area (Å²) in [5.41, 5.74) is 1.21. The summed E-state index contributed by atoms with van der Waals surface area (Å²) < 4.78 is 6.18. The molecule has 3 rings (SSSR count). The second-order valence-corrected chi connectivity index (χ2v) is 7.64. The Morgan fingerprint density at radius 1 is 1.04 bits per heavy atom. The second-order valence-electron chi connectivity index (χ2n) is 7.64. The molecule has 1 aliphatic rings. The van der Waals surface area contributed by atoms with Gasteiger partial charge in [-0.05, 0) is 62.7 Å². The molecule has 0 spiro atoms. The number of rotatable bonds is 0. The molecule has 27 heavy (non-hydrogen) atoms. The van der Waals surface area contributed by atoms with Crippen LogP contribution in [0, 0.1) is 0 Å². The van der Waals surface area contributed by atoms with E-state index >= 15 is 0 Å². The minimum Gasteiger partial charge on any atom is -0.473 e. The van der Waals surface area contributed by atoms with Gasteiger partial charge in [0, 0.05) is 30.7 Å². The van der Waals surface area contributed by atoms with E-state index in [4.69, 9.17) is 4.74 Å². The normalized spacial score (nSPS) is 24.5. The monoisotopic (exact) mass is 367 g/mol. The number of ether oxygens (including phenoxy) is 1. The SMILES string of the molecule is CC1CNCCCCCC/C=C\c2ccc3ccnc(c3c2)O[C@H](C)CN1. The third-order valence-electron chi connectivity index (χ3n) is 5.06. The van der Waals surface area contributed by atoms with Crippen molar-refractivity contribution >= 4 is 16.8 Å². The lowest BCUT2D eigenvalue weighted by atomic mass is 10.1. The van der Waals surface area contributed by atoms with Gasteiger partial charge < -0.3 is 15.4 Å². The Bertz CT molecular complexity index is 743. The van der Waals surface area contributed by atoms with Gasteiger partial charge in [0.05, 0.1) is 0 Å². The number of nitrogens with zero attached hydrogens (tertiary/aromatic N) is 1. The Morgan fingerprint density at radius 2 is 1.93 bits per heavy atom. The summed E-state index contributed by atoms with van der Waals surface area (Å²) in [7, 11) is 0. The second kappa shape index (κ2) is 10.4. The van der Waals surface area contributed by atoms with E-state index in [1.807, 2.05) is 12.3 Å². The molecule has 2 N–H and O–H groups in total. The van der Waals surface area contributed by atoms with Crippen LogP contribution in [0.25, 0.3) is 16.8 Å². The Hall–Kier alpha value is -1.91. The summed E-state index contributed by atoms with van der Waals surface area (Å²) in [6, 6.07) is 8.98. The molecule has 4 heteroatoms. The fourth-order valence-electron chi connectivity index (χ4n) is 3.43. The van der Waals surface area contributed by atoms with Crippen molar-refractivity contribution in [2.75, 3.05) is 19.6 Å². The zero-order valence-corrected chi connectivity index (χ0v) is 16.7.